The Morgan fingerprint density at radius 3 is 2.44 bits per heavy atom. The van der Waals surface area contributed by atoms with E-state index in [0.717, 1.165) is 31.4 Å². The predicted octanol–water partition coefficient (Wildman–Crippen LogP) is 3.40. The molecule has 0 amide bonds. The summed E-state index contributed by atoms with van der Waals surface area (Å²) in [7, 11) is 0. The number of benzene rings is 1. The Labute approximate surface area is 97.9 Å². The van der Waals surface area contributed by atoms with Crippen LogP contribution in [-0.2, 0) is 11.8 Å². The highest BCUT2D eigenvalue weighted by Crippen LogP contribution is 2.26. The van der Waals surface area contributed by atoms with Crippen LogP contribution >= 0.6 is 0 Å². The minimum atomic E-state index is -0.131. The first-order chi connectivity index (χ1) is 7.45. The van der Waals surface area contributed by atoms with Crippen molar-refractivity contribution in [2.75, 3.05) is 6.54 Å². The molecule has 1 aromatic rings. The average Bonchev–Trinajstić information content (AvgIpc) is 2.19. The lowest BCUT2D eigenvalue weighted by molar-refractivity contribution is 0.521. The highest BCUT2D eigenvalue weighted by Gasteiger charge is 2.18. The highest BCUT2D eigenvalue weighted by molar-refractivity contribution is 5.30. The summed E-state index contributed by atoms with van der Waals surface area (Å²) >= 11 is 0. The lowest BCUT2D eigenvalue weighted by Crippen LogP contribution is -2.14. The van der Waals surface area contributed by atoms with Gasteiger partial charge in [-0.1, -0.05) is 32.9 Å². The molecule has 0 aliphatic rings. The molecular formula is C14H22FN. The first-order valence-corrected chi connectivity index (χ1v) is 5.94. The summed E-state index contributed by atoms with van der Waals surface area (Å²) in [4.78, 5) is 0. The van der Waals surface area contributed by atoms with Gasteiger partial charge < -0.3 is 5.73 Å². The van der Waals surface area contributed by atoms with E-state index in [9.17, 15) is 4.39 Å². The first kappa shape index (κ1) is 13.2. The second-order valence-electron chi connectivity index (χ2n) is 5.31. The van der Waals surface area contributed by atoms with Gasteiger partial charge in [-0.15, -0.1) is 0 Å². The van der Waals surface area contributed by atoms with Gasteiger partial charge in [0.1, 0.15) is 5.82 Å². The topological polar surface area (TPSA) is 26.0 Å². The number of nitrogens with two attached hydrogens (primary N) is 1. The molecule has 2 N–H and O–H groups in total. The number of hydrogen-bond donors (Lipinski definition) is 1. The molecule has 0 spiro atoms. The number of aryl methyl sites for hydroxylation is 1. The number of hydrogen-bond acceptors (Lipinski definition) is 1. The van der Waals surface area contributed by atoms with E-state index in [-0.39, 0.29) is 11.2 Å². The Morgan fingerprint density at radius 1 is 1.19 bits per heavy atom. The molecule has 1 aromatic carbocycles. The van der Waals surface area contributed by atoms with Crippen LogP contribution in [0.4, 0.5) is 4.39 Å². The van der Waals surface area contributed by atoms with Crippen molar-refractivity contribution in [3.63, 3.8) is 0 Å². The van der Waals surface area contributed by atoms with Gasteiger partial charge in [0.2, 0.25) is 0 Å². The van der Waals surface area contributed by atoms with Crippen molar-refractivity contribution in [1.82, 2.24) is 0 Å². The van der Waals surface area contributed by atoms with Gasteiger partial charge in [-0.3, -0.25) is 0 Å². The molecule has 2 heteroatoms. The van der Waals surface area contributed by atoms with Crippen LogP contribution in [0.2, 0.25) is 0 Å². The van der Waals surface area contributed by atoms with Crippen molar-refractivity contribution in [3.05, 3.63) is 35.1 Å². The quantitative estimate of drug-likeness (QED) is 0.778. The van der Waals surface area contributed by atoms with Crippen LogP contribution in [-0.4, -0.2) is 6.54 Å². The minimum absolute atomic E-state index is 0.102. The molecule has 0 aliphatic heterocycles. The van der Waals surface area contributed by atoms with Crippen LogP contribution in [0.15, 0.2) is 18.2 Å². The number of halogens is 1. The second kappa shape index (κ2) is 5.44. The smallest absolute Gasteiger partial charge is 0.126 e. The molecule has 0 bridgehead atoms. The lowest BCUT2D eigenvalue weighted by atomic mass is 9.85. The Morgan fingerprint density at radius 2 is 1.88 bits per heavy atom. The molecule has 0 unspecified atom stereocenters. The van der Waals surface area contributed by atoms with E-state index in [2.05, 4.69) is 0 Å². The third kappa shape index (κ3) is 3.60. The summed E-state index contributed by atoms with van der Waals surface area (Å²) in [6, 6.07) is 5.45. The molecule has 0 heterocycles. The predicted molar refractivity (Wildman–Crippen MR) is 67.1 cm³/mol. The molecule has 1 rings (SSSR count). The van der Waals surface area contributed by atoms with Crippen LogP contribution < -0.4 is 5.73 Å². The van der Waals surface area contributed by atoms with Crippen LogP contribution in [0.25, 0.3) is 0 Å². The van der Waals surface area contributed by atoms with E-state index in [0.29, 0.717) is 0 Å². The largest absolute Gasteiger partial charge is 0.330 e. The number of unbranched alkanes of at least 4 members (excludes halogenated alkanes) is 1. The highest BCUT2D eigenvalue weighted by atomic mass is 19.1. The van der Waals surface area contributed by atoms with Crippen LogP contribution in [0.1, 0.15) is 44.7 Å². The van der Waals surface area contributed by atoms with Crippen LogP contribution in [0.3, 0.4) is 0 Å². The molecule has 0 fully saturated rings. The summed E-state index contributed by atoms with van der Waals surface area (Å²) in [5.74, 6) is -0.102. The molecule has 0 aromatic heterocycles. The van der Waals surface area contributed by atoms with Gasteiger partial charge in [-0.05, 0) is 48.4 Å². The van der Waals surface area contributed by atoms with E-state index in [1.165, 1.54) is 5.56 Å². The monoisotopic (exact) mass is 223 g/mol. The van der Waals surface area contributed by atoms with Gasteiger partial charge in [0.15, 0.2) is 0 Å². The first-order valence-electron chi connectivity index (χ1n) is 5.94. The summed E-state index contributed by atoms with van der Waals surface area (Å²) in [5, 5.41) is 0. The molecule has 0 saturated heterocycles. The molecule has 0 aliphatic carbocycles. The van der Waals surface area contributed by atoms with Crippen LogP contribution in [0.5, 0.6) is 0 Å². The van der Waals surface area contributed by atoms with Crippen molar-refractivity contribution in [2.24, 2.45) is 5.73 Å². The standard InChI is InChI=1S/C14H22FN/c1-14(2,3)12-10-11(6-4-5-9-16)7-8-13(12)15/h7-8,10H,4-6,9,16H2,1-3H3. The fraction of sp³-hybridized carbons (Fsp3) is 0.571. The number of rotatable bonds is 4. The molecule has 0 radical (unpaired) electrons. The Bertz CT molecular complexity index is 339. The van der Waals surface area contributed by atoms with Gasteiger partial charge in [-0.25, -0.2) is 4.39 Å². The Balaban J connectivity index is 2.82. The molecule has 0 saturated carbocycles. The van der Waals surface area contributed by atoms with Gasteiger partial charge in [-0.2, -0.15) is 0 Å². The third-order valence-corrected chi connectivity index (χ3v) is 2.76. The van der Waals surface area contributed by atoms with Gasteiger partial charge in [0.05, 0.1) is 0 Å². The van der Waals surface area contributed by atoms with E-state index < -0.39 is 0 Å². The minimum Gasteiger partial charge on any atom is -0.330 e. The molecule has 16 heavy (non-hydrogen) atoms. The van der Waals surface area contributed by atoms with Gasteiger partial charge in [0.25, 0.3) is 0 Å². The van der Waals surface area contributed by atoms with Crippen LogP contribution in [0, 0.1) is 5.82 Å². The normalized spacial score (nSPS) is 11.8. The fourth-order valence-corrected chi connectivity index (χ4v) is 1.78. The Hall–Kier alpha value is -0.890. The van der Waals surface area contributed by atoms with Crippen molar-refractivity contribution in [2.45, 2.75) is 45.4 Å². The fourth-order valence-electron chi connectivity index (χ4n) is 1.78. The zero-order valence-electron chi connectivity index (χ0n) is 10.5. The maximum Gasteiger partial charge on any atom is 0.126 e. The molecule has 90 valence electrons. The zero-order valence-corrected chi connectivity index (χ0v) is 10.5. The third-order valence-electron chi connectivity index (χ3n) is 2.76. The van der Waals surface area contributed by atoms with E-state index >= 15 is 0 Å². The Kier molecular flexibility index (Phi) is 4.48. The summed E-state index contributed by atoms with van der Waals surface area (Å²) in [5.41, 5.74) is 7.34. The van der Waals surface area contributed by atoms with Crippen molar-refractivity contribution >= 4 is 0 Å². The SMILES string of the molecule is CC(C)(C)c1cc(CCCCN)ccc1F. The lowest BCUT2D eigenvalue weighted by Gasteiger charge is -2.20. The van der Waals surface area contributed by atoms with E-state index in [4.69, 9.17) is 5.73 Å². The maximum atomic E-state index is 13.6. The van der Waals surface area contributed by atoms with E-state index in [1.54, 1.807) is 6.07 Å². The van der Waals surface area contributed by atoms with Crippen molar-refractivity contribution in [1.29, 1.82) is 0 Å². The zero-order chi connectivity index (χ0) is 12.2. The van der Waals surface area contributed by atoms with Crippen molar-refractivity contribution < 1.29 is 4.39 Å². The van der Waals surface area contributed by atoms with Gasteiger partial charge >= 0.3 is 0 Å². The summed E-state index contributed by atoms with van der Waals surface area (Å²) in [6.45, 7) is 6.84. The molecule has 1 nitrogen and oxygen atoms in total. The summed E-state index contributed by atoms with van der Waals surface area (Å²) < 4.78 is 13.6. The second-order valence-corrected chi connectivity index (χ2v) is 5.31. The summed E-state index contributed by atoms with van der Waals surface area (Å²) in [6.07, 6.45) is 3.09. The van der Waals surface area contributed by atoms with E-state index in [1.807, 2.05) is 32.9 Å². The van der Waals surface area contributed by atoms with Gasteiger partial charge in [0, 0.05) is 0 Å². The molecule has 0 atom stereocenters. The average molecular weight is 223 g/mol. The molecular weight excluding hydrogens is 201 g/mol. The van der Waals surface area contributed by atoms with Crippen molar-refractivity contribution in [3.8, 4) is 0 Å². The maximum absolute atomic E-state index is 13.6.